The van der Waals surface area contributed by atoms with Crippen LogP contribution in [-0.4, -0.2) is 39.2 Å². The van der Waals surface area contributed by atoms with E-state index in [1.165, 1.54) is 39.5 Å². The number of nitrogens with zero attached hydrogens (tertiary/aromatic N) is 1. The zero-order chi connectivity index (χ0) is 21.1. The van der Waals surface area contributed by atoms with E-state index in [9.17, 15) is 18.8 Å². The summed E-state index contributed by atoms with van der Waals surface area (Å²) < 4.78 is 29.0. The van der Waals surface area contributed by atoms with Crippen LogP contribution in [-0.2, 0) is 9.59 Å². The van der Waals surface area contributed by atoms with Crippen molar-refractivity contribution in [2.45, 2.75) is 0 Å². The van der Waals surface area contributed by atoms with Gasteiger partial charge in [-0.2, -0.15) is 0 Å². The summed E-state index contributed by atoms with van der Waals surface area (Å²) in [5.74, 6) is -1.25. The largest absolute Gasteiger partial charge is 0.496 e. The predicted molar refractivity (Wildman–Crippen MR) is 101 cm³/mol. The van der Waals surface area contributed by atoms with Crippen LogP contribution >= 0.6 is 0 Å². The first-order chi connectivity index (χ1) is 13.9. The molecule has 0 unspecified atom stereocenters. The molecule has 0 aliphatic carbocycles. The van der Waals surface area contributed by atoms with Gasteiger partial charge in [-0.1, -0.05) is 0 Å². The molecule has 0 atom stereocenters. The second-order valence-electron chi connectivity index (χ2n) is 5.88. The van der Waals surface area contributed by atoms with E-state index < -0.39 is 23.7 Å². The molecule has 9 heteroatoms. The van der Waals surface area contributed by atoms with Gasteiger partial charge in [0.1, 0.15) is 28.6 Å². The highest BCUT2D eigenvalue weighted by atomic mass is 19.1. The molecule has 150 valence electrons. The average molecular weight is 400 g/mol. The number of urea groups is 1. The molecule has 3 rings (SSSR count). The molecular formula is C20H17FN2O6. The highest BCUT2D eigenvalue weighted by Gasteiger charge is 2.37. The van der Waals surface area contributed by atoms with Crippen LogP contribution in [0.3, 0.4) is 0 Å². The molecule has 2 aromatic rings. The number of methoxy groups -OCH3 is 3. The zero-order valence-electron chi connectivity index (χ0n) is 15.8. The van der Waals surface area contributed by atoms with E-state index in [4.69, 9.17) is 14.2 Å². The monoisotopic (exact) mass is 400 g/mol. The van der Waals surface area contributed by atoms with Gasteiger partial charge in [0.25, 0.3) is 11.8 Å². The van der Waals surface area contributed by atoms with Crippen LogP contribution in [0.15, 0.2) is 42.0 Å². The Hall–Kier alpha value is -3.88. The van der Waals surface area contributed by atoms with Gasteiger partial charge >= 0.3 is 6.03 Å². The number of nitrogens with one attached hydrogen (secondary N) is 1. The number of ether oxygens (including phenoxy) is 3. The van der Waals surface area contributed by atoms with Crippen LogP contribution in [0.25, 0.3) is 6.08 Å². The Morgan fingerprint density at radius 2 is 1.52 bits per heavy atom. The number of halogens is 1. The van der Waals surface area contributed by atoms with E-state index in [0.29, 0.717) is 22.8 Å². The number of benzene rings is 2. The lowest BCUT2D eigenvalue weighted by Crippen LogP contribution is -2.54. The number of anilines is 1. The van der Waals surface area contributed by atoms with Crippen molar-refractivity contribution in [1.82, 2.24) is 5.32 Å². The minimum atomic E-state index is -0.933. The molecule has 1 heterocycles. The fraction of sp³-hybridized carbons (Fsp3) is 0.150. The molecule has 0 saturated carbocycles. The number of hydrogen-bond acceptors (Lipinski definition) is 6. The maximum absolute atomic E-state index is 13.2. The van der Waals surface area contributed by atoms with Crippen LogP contribution in [0.1, 0.15) is 5.56 Å². The van der Waals surface area contributed by atoms with Gasteiger partial charge in [-0.05, 0) is 30.3 Å². The van der Waals surface area contributed by atoms with Gasteiger partial charge in [0, 0.05) is 12.1 Å². The van der Waals surface area contributed by atoms with Crippen molar-refractivity contribution in [1.29, 1.82) is 0 Å². The third-order valence-electron chi connectivity index (χ3n) is 4.23. The number of rotatable bonds is 5. The van der Waals surface area contributed by atoms with Crippen molar-refractivity contribution in [3.8, 4) is 17.2 Å². The summed E-state index contributed by atoms with van der Waals surface area (Å²) in [6.07, 6.45) is 1.26. The summed E-state index contributed by atoms with van der Waals surface area (Å²) in [4.78, 5) is 38.3. The third-order valence-corrected chi connectivity index (χ3v) is 4.23. The van der Waals surface area contributed by atoms with E-state index in [2.05, 4.69) is 5.32 Å². The fourth-order valence-corrected chi connectivity index (χ4v) is 2.80. The van der Waals surface area contributed by atoms with Crippen LogP contribution < -0.4 is 24.4 Å². The summed E-state index contributed by atoms with van der Waals surface area (Å²) in [6.45, 7) is 0. The van der Waals surface area contributed by atoms with Crippen molar-refractivity contribution in [3.05, 3.63) is 53.4 Å². The Bertz CT molecular complexity index is 991. The van der Waals surface area contributed by atoms with Gasteiger partial charge in [0.15, 0.2) is 0 Å². The van der Waals surface area contributed by atoms with Gasteiger partial charge in [-0.25, -0.2) is 14.1 Å². The first-order valence-electron chi connectivity index (χ1n) is 8.36. The second kappa shape index (κ2) is 8.01. The SMILES string of the molecule is COc1cc(OC)c(/C=C2/C(=O)NC(=O)N(c3ccc(F)cc3)C2=O)c(OC)c1. The molecule has 2 aromatic carbocycles. The molecule has 0 radical (unpaired) electrons. The Kier molecular flexibility index (Phi) is 5.49. The molecule has 29 heavy (non-hydrogen) atoms. The number of barbiturate groups is 1. The van der Waals surface area contributed by atoms with Gasteiger partial charge in [0.2, 0.25) is 0 Å². The lowest BCUT2D eigenvalue weighted by Gasteiger charge is -2.26. The fourth-order valence-electron chi connectivity index (χ4n) is 2.80. The van der Waals surface area contributed by atoms with Crippen LogP contribution in [0, 0.1) is 5.82 Å². The molecule has 0 aromatic heterocycles. The second-order valence-corrected chi connectivity index (χ2v) is 5.88. The number of hydrogen-bond donors (Lipinski definition) is 1. The normalized spacial score (nSPS) is 15.4. The maximum Gasteiger partial charge on any atom is 0.335 e. The summed E-state index contributed by atoms with van der Waals surface area (Å²) >= 11 is 0. The van der Waals surface area contributed by atoms with Gasteiger partial charge in [-0.3, -0.25) is 14.9 Å². The minimum absolute atomic E-state index is 0.112. The molecule has 1 aliphatic heterocycles. The Labute approximate surface area is 165 Å². The van der Waals surface area contributed by atoms with E-state index in [1.807, 2.05) is 0 Å². The van der Waals surface area contributed by atoms with Gasteiger partial charge < -0.3 is 14.2 Å². The van der Waals surface area contributed by atoms with Crippen molar-refractivity contribution in [3.63, 3.8) is 0 Å². The highest BCUT2D eigenvalue weighted by Crippen LogP contribution is 2.36. The van der Waals surface area contributed by atoms with E-state index >= 15 is 0 Å². The van der Waals surface area contributed by atoms with Crippen molar-refractivity contribution in [2.24, 2.45) is 0 Å². The molecule has 8 nitrogen and oxygen atoms in total. The molecule has 1 fully saturated rings. The summed E-state index contributed by atoms with van der Waals surface area (Å²) in [5, 5.41) is 2.10. The number of carbonyl (C=O) groups excluding carboxylic acids is 3. The van der Waals surface area contributed by atoms with Crippen LogP contribution in [0.2, 0.25) is 0 Å². The maximum atomic E-state index is 13.2. The predicted octanol–water partition coefficient (Wildman–Crippen LogP) is 2.52. The first-order valence-corrected chi connectivity index (χ1v) is 8.36. The van der Waals surface area contributed by atoms with Crippen molar-refractivity contribution in [2.75, 3.05) is 26.2 Å². The molecule has 0 spiro atoms. The van der Waals surface area contributed by atoms with Crippen molar-refractivity contribution >= 4 is 29.6 Å². The first kappa shape index (κ1) is 19.9. The average Bonchev–Trinajstić information content (AvgIpc) is 2.71. The summed E-state index contributed by atoms with van der Waals surface area (Å²) in [7, 11) is 4.29. The summed E-state index contributed by atoms with van der Waals surface area (Å²) in [5.41, 5.74) is 0.0966. The highest BCUT2D eigenvalue weighted by molar-refractivity contribution is 6.39. The van der Waals surface area contributed by atoms with E-state index in [-0.39, 0.29) is 11.3 Å². The number of carbonyl (C=O) groups is 3. The van der Waals surface area contributed by atoms with Crippen LogP contribution in [0.5, 0.6) is 17.2 Å². The zero-order valence-corrected chi connectivity index (χ0v) is 15.8. The number of imide groups is 2. The molecule has 1 N–H and O–H groups in total. The van der Waals surface area contributed by atoms with Crippen LogP contribution in [0.4, 0.5) is 14.9 Å². The molecule has 1 saturated heterocycles. The Balaban J connectivity index is 2.11. The Morgan fingerprint density at radius 1 is 0.931 bits per heavy atom. The third kappa shape index (κ3) is 3.75. The van der Waals surface area contributed by atoms with E-state index in [0.717, 1.165) is 17.0 Å². The topological polar surface area (TPSA) is 94.2 Å². The standard InChI is InChI=1S/C20H17FN2O6/c1-27-13-8-16(28-2)14(17(9-13)29-3)10-15-18(24)22-20(26)23(19(15)25)12-6-4-11(21)5-7-12/h4-10H,1-3H3,(H,22,24,26)/b15-10-. The molecule has 0 bridgehead atoms. The lowest BCUT2D eigenvalue weighted by atomic mass is 10.0. The van der Waals surface area contributed by atoms with Crippen molar-refractivity contribution < 1.29 is 33.0 Å². The Morgan fingerprint density at radius 3 is 2.03 bits per heavy atom. The quantitative estimate of drug-likeness (QED) is 0.612. The lowest BCUT2D eigenvalue weighted by molar-refractivity contribution is -0.122. The van der Waals surface area contributed by atoms with Gasteiger partial charge in [-0.15, -0.1) is 0 Å². The summed E-state index contributed by atoms with van der Waals surface area (Å²) in [6, 6.07) is 6.91. The molecule has 4 amide bonds. The molecule has 1 aliphatic rings. The van der Waals surface area contributed by atoms with E-state index in [1.54, 1.807) is 12.1 Å². The molecular weight excluding hydrogens is 383 g/mol. The minimum Gasteiger partial charge on any atom is -0.496 e. The van der Waals surface area contributed by atoms with Gasteiger partial charge in [0.05, 0.1) is 32.6 Å². The smallest absolute Gasteiger partial charge is 0.335 e. The number of amides is 4.